The van der Waals surface area contributed by atoms with E-state index >= 15 is 0 Å². The third-order valence-electron chi connectivity index (χ3n) is 4.90. The first-order valence-electron chi connectivity index (χ1n) is 9.00. The van der Waals surface area contributed by atoms with Crippen molar-refractivity contribution >= 4 is 51.9 Å². The van der Waals surface area contributed by atoms with Crippen molar-refractivity contribution in [2.75, 3.05) is 0 Å². The summed E-state index contributed by atoms with van der Waals surface area (Å²) in [5.74, 6) is 1.38. The molecule has 1 amide bonds. The molecule has 0 saturated carbocycles. The average Bonchev–Trinajstić information content (AvgIpc) is 3.01. The van der Waals surface area contributed by atoms with Gasteiger partial charge in [-0.05, 0) is 35.9 Å². The maximum absolute atomic E-state index is 13.4. The summed E-state index contributed by atoms with van der Waals surface area (Å²) in [7, 11) is 0. The van der Waals surface area contributed by atoms with Crippen LogP contribution in [-0.2, 0) is 4.79 Å². The molecule has 6 heteroatoms. The van der Waals surface area contributed by atoms with Gasteiger partial charge in [-0.25, -0.2) is 0 Å². The molecule has 2 aliphatic rings. The number of hydrogen-bond acceptors (Lipinski definition) is 4. The van der Waals surface area contributed by atoms with E-state index in [1.54, 1.807) is 17.0 Å². The molecule has 2 aliphatic heterocycles. The third-order valence-corrected chi connectivity index (χ3v) is 6.48. The lowest BCUT2D eigenvalue weighted by atomic mass is 9.93. The van der Waals surface area contributed by atoms with E-state index in [0.29, 0.717) is 14.2 Å². The van der Waals surface area contributed by atoms with Crippen molar-refractivity contribution in [3.8, 4) is 11.5 Å². The molecule has 1 fully saturated rings. The average molecular weight is 436 g/mol. The van der Waals surface area contributed by atoms with Crippen LogP contribution in [0.5, 0.6) is 11.5 Å². The summed E-state index contributed by atoms with van der Waals surface area (Å²) in [6, 6.07) is 22.6. The van der Waals surface area contributed by atoms with Crippen LogP contribution in [0.4, 0.5) is 0 Å². The molecule has 2 heterocycles. The van der Waals surface area contributed by atoms with Crippen molar-refractivity contribution in [2.24, 2.45) is 0 Å². The van der Waals surface area contributed by atoms with Gasteiger partial charge in [0, 0.05) is 16.1 Å². The molecule has 0 N–H and O–H groups in total. The largest absolute Gasteiger partial charge is 0.457 e. The number of amides is 1. The zero-order valence-electron chi connectivity index (χ0n) is 15.0. The van der Waals surface area contributed by atoms with Gasteiger partial charge in [-0.2, -0.15) is 0 Å². The Morgan fingerprint density at radius 3 is 2.14 bits per heavy atom. The van der Waals surface area contributed by atoms with E-state index in [1.807, 2.05) is 66.7 Å². The molecular weight excluding hydrogens is 422 g/mol. The third kappa shape index (κ3) is 3.25. The highest BCUT2D eigenvalue weighted by Gasteiger charge is 2.42. The number of carbonyl (C=O) groups is 1. The van der Waals surface area contributed by atoms with Gasteiger partial charge in [-0.15, -0.1) is 0 Å². The van der Waals surface area contributed by atoms with E-state index in [2.05, 4.69) is 0 Å². The first-order chi connectivity index (χ1) is 14.1. The predicted molar refractivity (Wildman–Crippen MR) is 121 cm³/mol. The van der Waals surface area contributed by atoms with E-state index in [9.17, 15) is 4.79 Å². The second-order valence-electron chi connectivity index (χ2n) is 6.68. The van der Waals surface area contributed by atoms with Gasteiger partial charge in [-0.3, -0.25) is 9.69 Å². The smallest absolute Gasteiger partial charge is 0.267 e. The summed E-state index contributed by atoms with van der Waals surface area (Å²) in [4.78, 5) is 15.7. The molecule has 0 atom stereocenters. The van der Waals surface area contributed by atoms with Crippen LogP contribution >= 0.6 is 35.6 Å². The molecule has 3 aromatic rings. The van der Waals surface area contributed by atoms with E-state index in [-0.39, 0.29) is 11.9 Å². The van der Waals surface area contributed by atoms with Gasteiger partial charge in [0.15, 0.2) is 0 Å². The minimum Gasteiger partial charge on any atom is -0.457 e. The highest BCUT2D eigenvalue weighted by Crippen LogP contribution is 2.49. The second-order valence-corrected chi connectivity index (χ2v) is 8.80. The molecule has 0 radical (unpaired) electrons. The molecule has 29 heavy (non-hydrogen) atoms. The molecule has 142 valence electrons. The van der Waals surface area contributed by atoms with Gasteiger partial charge in [0.25, 0.3) is 5.91 Å². The van der Waals surface area contributed by atoms with E-state index in [0.717, 1.165) is 28.2 Å². The monoisotopic (exact) mass is 435 g/mol. The summed E-state index contributed by atoms with van der Waals surface area (Å²) < 4.78 is 6.59. The zero-order chi connectivity index (χ0) is 20.0. The Balaban J connectivity index is 1.58. The second kappa shape index (κ2) is 7.34. The Kier molecular flexibility index (Phi) is 4.66. The fourth-order valence-electron chi connectivity index (χ4n) is 3.58. The molecule has 1 saturated heterocycles. The van der Waals surface area contributed by atoms with Crippen molar-refractivity contribution in [1.29, 1.82) is 0 Å². The van der Waals surface area contributed by atoms with Crippen LogP contribution < -0.4 is 4.74 Å². The lowest BCUT2D eigenvalue weighted by Crippen LogP contribution is -2.34. The van der Waals surface area contributed by atoms with Crippen LogP contribution in [0, 0.1) is 0 Å². The van der Waals surface area contributed by atoms with Crippen molar-refractivity contribution in [2.45, 2.75) is 6.04 Å². The Morgan fingerprint density at radius 2 is 1.52 bits per heavy atom. The minimum absolute atomic E-state index is 0.105. The van der Waals surface area contributed by atoms with Gasteiger partial charge in [0.05, 0.1) is 10.9 Å². The van der Waals surface area contributed by atoms with Crippen LogP contribution in [0.2, 0.25) is 5.02 Å². The number of benzene rings is 3. The van der Waals surface area contributed by atoms with Crippen molar-refractivity contribution in [3.05, 3.63) is 99.4 Å². The number of rotatable bonds is 2. The molecule has 0 unspecified atom stereocenters. The summed E-state index contributed by atoms with van der Waals surface area (Å²) in [6.07, 6.45) is 1.85. The van der Waals surface area contributed by atoms with Crippen LogP contribution in [0.3, 0.4) is 0 Å². The van der Waals surface area contributed by atoms with Gasteiger partial charge >= 0.3 is 0 Å². The molecule has 0 bridgehead atoms. The number of carbonyl (C=O) groups excluding carboxylic acids is 1. The van der Waals surface area contributed by atoms with Crippen LogP contribution in [0.15, 0.2) is 77.7 Å². The summed E-state index contributed by atoms with van der Waals surface area (Å²) in [5.41, 5.74) is 2.76. The maximum atomic E-state index is 13.4. The number of hydrogen-bond donors (Lipinski definition) is 0. The summed E-state index contributed by atoms with van der Waals surface area (Å²) in [6.45, 7) is 0. The van der Waals surface area contributed by atoms with E-state index in [1.165, 1.54) is 11.8 Å². The number of nitrogens with zero attached hydrogens (tertiary/aromatic N) is 1. The lowest BCUT2D eigenvalue weighted by Gasteiger charge is -2.33. The van der Waals surface area contributed by atoms with Crippen molar-refractivity contribution < 1.29 is 9.53 Å². The standard InChI is InChI=1S/C23H14ClNO2S2/c24-15-11-9-14(10-12-15)13-20-22(26)25(23(28)29-20)21-16-5-1-3-7-18(16)27-19-8-4-2-6-17(19)21/h1-13,21H. The first kappa shape index (κ1) is 18.4. The molecule has 0 spiro atoms. The number of halogens is 1. The topological polar surface area (TPSA) is 29.5 Å². The molecule has 3 aromatic carbocycles. The van der Waals surface area contributed by atoms with Gasteiger partial charge in [0.1, 0.15) is 15.8 Å². The normalized spacial score (nSPS) is 17.3. The maximum Gasteiger partial charge on any atom is 0.267 e. The zero-order valence-corrected chi connectivity index (χ0v) is 17.4. The van der Waals surface area contributed by atoms with E-state index < -0.39 is 0 Å². The van der Waals surface area contributed by atoms with E-state index in [4.69, 9.17) is 28.6 Å². The Hall–Kier alpha value is -2.60. The highest BCUT2D eigenvalue weighted by molar-refractivity contribution is 8.26. The van der Waals surface area contributed by atoms with Crippen molar-refractivity contribution in [3.63, 3.8) is 0 Å². The summed E-state index contributed by atoms with van der Waals surface area (Å²) in [5, 5.41) is 0.658. The van der Waals surface area contributed by atoms with Crippen LogP contribution in [-0.4, -0.2) is 15.1 Å². The molecule has 0 aliphatic carbocycles. The number of fused-ring (bicyclic) bond motifs is 2. The predicted octanol–water partition coefficient (Wildman–Crippen LogP) is 6.44. The van der Waals surface area contributed by atoms with Gasteiger partial charge in [0.2, 0.25) is 0 Å². The Labute approximate surface area is 182 Å². The Bertz CT molecular complexity index is 1130. The molecule has 5 rings (SSSR count). The molecular formula is C23H14ClNO2S2. The highest BCUT2D eigenvalue weighted by atomic mass is 35.5. The minimum atomic E-state index is -0.320. The number of thiocarbonyl (C=S) groups is 1. The fraction of sp³-hybridized carbons (Fsp3) is 0.0435. The SMILES string of the molecule is O=C1C(=Cc2ccc(Cl)cc2)SC(=S)N1C1c2ccccc2Oc2ccccc21. The molecule has 3 nitrogen and oxygen atoms in total. The fourth-order valence-corrected chi connectivity index (χ4v) is 5.01. The van der Waals surface area contributed by atoms with Crippen LogP contribution in [0.25, 0.3) is 6.08 Å². The van der Waals surface area contributed by atoms with Crippen LogP contribution in [0.1, 0.15) is 22.7 Å². The van der Waals surface area contributed by atoms with Gasteiger partial charge < -0.3 is 4.74 Å². The quantitative estimate of drug-likeness (QED) is 0.342. The number of para-hydroxylation sites is 2. The summed E-state index contributed by atoms with van der Waals surface area (Å²) >= 11 is 12.9. The first-order valence-corrected chi connectivity index (χ1v) is 10.6. The Morgan fingerprint density at radius 1 is 0.931 bits per heavy atom. The van der Waals surface area contributed by atoms with Crippen molar-refractivity contribution in [1.82, 2.24) is 4.90 Å². The molecule has 0 aromatic heterocycles. The van der Waals surface area contributed by atoms with Gasteiger partial charge in [-0.1, -0.05) is 84.1 Å². The number of thioether (sulfide) groups is 1. The number of ether oxygens (including phenoxy) is 1. The lowest BCUT2D eigenvalue weighted by molar-refractivity contribution is -0.123.